The van der Waals surface area contributed by atoms with Crippen LogP contribution in [0.1, 0.15) is 18.1 Å². The van der Waals surface area contributed by atoms with Gasteiger partial charge in [0.25, 0.3) is 0 Å². The summed E-state index contributed by atoms with van der Waals surface area (Å²) in [6.07, 6.45) is 6.30. The fourth-order valence-electron chi connectivity index (χ4n) is 2.53. The van der Waals surface area contributed by atoms with E-state index in [1.807, 2.05) is 49.3 Å². The van der Waals surface area contributed by atoms with Crippen molar-refractivity contribution in [1.29, 1.82) is 0 Å². The molecule has 5 heteroatoms. The van der Waals surface area contributed by atoms with E-state index in [-0.39, 0.29) is 6.61 Å². The summed E-state index contributed by atoms with van der Waals surface area (Å²) in [5.41, 5.74) is 2.04. The lowest BCUT2D eigenvalue weighted by Crippen LogP contribution is -2.16. The Hall–Kier alpha value is -3.60. The number of rotatable bonds is 8. The number of hydrogen-bond acceptors (Lipinski definition) is 5. The summed E-state index contributed by atoms with van der Waals surface area (Å²) in [6.45, 7) is 1.74. The Morgan fingerprint density at radius 3 is 2.24 bits per heavy atom. The molecule has 1 N–H and O–H groups in total. The van der Waals surface area contributed by atoms with Crippen LogP contribution >= 0.6 is 0 Å². The average molecular weight is 391 g/mol. The van der Waals surface area contributed by atoms with Crippen molar-refractivity contribution in [2.45, 2.75) is 6.92 Å². The highest BCUT2D eigenvalue weighted by molar-refractivity contribution is 6.25. The third-order valence-corrected chi connectivity index (χ3v) is 4.07. The van der Waals surface area contributed by atoms with E-state index in [4.69, 9.17) is 4.74 Å². The van der Waals surface area contributed by atoms with Gasteiger partial charge >= 0.3 is 5.97 Å². The average Bonchev–Trinajstić information content (AvgIpc) is 2.72. The van der Waals surface area contributed by atoms with Gasteiger partial charge in [-0.05, 0) is 30.7 Å². The van der Waals surface area contributed by atoms with Crippen LogP contribution in [0.25, 0.3) is 11.8 Å². The van der Waals surface area contributed by atoms with Crippen molar-refractivity contribution in [3.05, 3.63) is 89.5 Å². The predicted molar refractivity (Wildman–Crippen MR) is 117 cm³/mol. The Balaban J connectivity index is 2.20. The van der Waals surface area contributed by atoms with Gasteiger partial charge in [0.05, 0.1) is 6.61 Å². The SMILES string of the molecule is CCOC(=O)/C(C(=O)/C=C/C=C/c1ccc(N(C)C)cc1)=C(/O)c1ccccc1. The largest absolute Gasteiger partial charge is 0.506 e. The molecule has 0 radical (unpaired) electrons. The minimum absolute atomic E-state index is 0.101. The number of aliphatic hydroxyl groups excluding tert-OH is 1. The van der Waals surface area contributed by atoms with Crippen molar-refractivity contribution in [3.63, 3.8) is 0 Å². The van der Waals surface area contributed by atoms with Crippen LogP contribution in [-0.2, 0) is 14.3 Å². The Morgan fingerprint density at radius 2 is 1.66 bits per heavy atom. The number of carbonyl (C=O) groups is 2. The van der Waals surface area contributed by atoms with E-state index < -0.39 is 23.1 Å². The zero-order valence-corrected chi connectivity index (χ0v) is 16.8. The number of ether oxygens (including phenoxy) is 1. The summed E-state index contributed by atoms with van der Waals surface area (Å²) in [6, 6.07) is 16.3. The lowest BCUT2D eigenvalue weighted by atomic mass is 10.0. The molecule has 5 nitrogen and oxygen atoms in total. The first-order valence-corrected chi connectivity index (χ1v) is 9.26. The van der Waals surface area contributed by atoms with Crippen LogP contribution in [0.5, 0.6) is 0 Å². The fourth-order valence-corrected chi connectivity index (χ4v) is 2.53. The highest BCUT2D eigenvalue weighted by Crippen LogP contribution is 2.18. The highest BCUT2D eigenvalue weighted by Gasteiger charge is 2.23. The monoisotopic (exact) mass is 391 g/mol. The first-order chi connectivity index (χ1) is 13.9. The molecule has 0 atom stereocenters. The second-order valence-electron chi connectivity index (χ2n) is 6.38. The van der Waals surface area contributed by atoms with Crippen LogP contribution in [0.2, 0.25) is 0 Å². The van der Waals surface area contributed by atoms with Gasteiger partial charge in [0.15, 0.2) is 5.78 Å². The number of nitrogens with zero attached hydrogens (tertiary/aromatic N) is 1. The van der Waals surface area contributed by atoms with Gasteiger partial charge in [-0.15, -0.1) is 0 Å². The molecule has 0 aliphatic heterocycles. The van der Waals surface area contributed by atoms with Crippen LogP contribution in [0.4, 0.5) is 5.69 Å². The lowest BCUT2D eigenvalue weighted by Gasteiger charge is -2.11. The number of carbonyl (C=O) groups excluding carboxylic acids is 2. The Bertz CT molecular complexity index is 923. The summed E-state index contributed by atoms with van der Waals surface area (Å²) in [5, 5.41) is 10.5. The van der Waals surface area contributed by atoms with Crippen molar-refractivity contribution >= 4 is 29.3 Å². The van der Waals surface area contributed by atoms with Gasteiger partial charge < -0.3 is 14.7 Å². The number of allylic oxidation sites excluding steroid dienone is 3. The Kier molecular flexibility index (Phi) is 7.98. The molecule has 0 aliphatic rings. The number of anilines is 1. The van der Waals surface area contributed by atoms with E-state index in [2.05, 4.69) is 0 Å². The maximum atomic E-state index is 12.6. The van der Waals surface area contributed by atoms with Crippen LogP contribution in [0.3, 0.4) is 0 Å². The standard InChI is InChI=1S/C24H25NO4/c1-4-29-24(28)22(23(27)19-11-6-5-7-12-19)21(26)13-9-8-10-18-14-16-20(17-15-18)25(2)3/h5-17,27H,4H2,1-3H3/b10-8+,13-9+,23-22+. The molecule has 0 aliphatic carbocycles. The van der Waals surface area contributed by atoms with Gasteiger partial charge in [-0.25, -0.2) is 4.79 Å². The molecule has 2 aromatic carbocycles. The fraction of sp³-hybridized carbons (Fsp3) is 0.167. The molecule has 29 heavy (non-hydrogen) atoms. The summed E-state index contributed by atoms with van der Waals surface area (Å²) in [7, 11) is 3.94. The smallest absolute Gasteiger partial charge is 0.345 e. The van der Waals surface area contributed by atoms with Crippen LogP contribution < -0.4 is 4.90 Å². The topological polar surface area (TPSA) is 66.8 Å². The molecular formula is C24H25NO4. The normalized spacial score (nSPS) is 12.1. The van der Waals surface area contributed by atoms with Crippen molar-refractivity contribution in [2.75, 3.05) is 25.6 Å². The predicted octanol–water partition coefficient (Wildman–Crippen LogP) is 4.42. The second-order valence-corrected chi connectivity index (χ2v) is 6.38. The van der Waals surface area contributed by atoms with Crippen molar-refractivity contribution in [3.8, 4) is 0 Å². The van der Waals surface area contributed by atoms with E-state index >= 15 is 0 Å². The minimum Gasteiger partial charge on any atom is -0.506 e. The summed E-state index contributed by atoms with van der Waals surface area (Å²) >= 11 is 0. The zero-order valence-electron chi connectivity index (χ0n) is 16.8. The van der Waals surface area contributed by atoms with E-state index in [0.29, 0.717) is 5.56 Å². The van der Waals surface area contributed by atoms with Crippen LogP contribution in [-0.4, -0.2) is 37.6 Å². The molecule has 0 aromatic heterocycles. The first-order valence-electron chi connectivity index (χ1n) is 9.26. The lowest BCUT2D eigenvalue weighted by molar-refractivity contribution is -0.139. The highest BCUT2D eigenvalue weighted by atomic mass is 16.5. The molecule has 2 aromatic rings. The first kappa shape index (κ1) is 21.7. The van der Waals surface area contributed by atoms with E-state index in [1.54, 1.807) is 43.3 Å². The number of benzene rings is 2. The summed E-state index contributed by atoms with van der Waals surface area (Å²) < 4.78 is 4.94. The molecule has 0 amide bonds. The number of ketones is 1. The van der Waals surface area contributed by atoms with Gasteiger partial charge in [-0.1, -0.05) is 60.7 Å². The third kappa shape index (κ3) is 6.21. The van der Waals surface area contributed by atoms with Crippen LogP contribution in [0, 0.1) is 0 Å². The number of esters is 1. The van der Waals surface area contributed by atoms with Crippen molar-refractivity contribution < 1.29 is 19.4 Å². The number of aliphatic hydroxyl groups is 1. The number of hydrogen-bond donors (Lipinski definition) is 1. The summed E-state index contributed by atoms with van der Waals surface area (Å²) in [5.74, 6) is -1.88. The molecule has 0 fully saturated rings. The Morgan fingerprint density at radius 1 is 1.00 bits per heavy atom. The van der Waals surface area contributed by atoms with E-state index in [0.717, 1.165) is 11.3 Å². The zero-order chi connectivity index (χ0) is 21.2. The molecule has 2 rings (SSSR count). The third-order valence-electron chi connectivity index (χ3n) is 4.07. The Labute approximate surface area is 171 Å². The van der Waals surface area contributed by atoms with E-state index in [9.17, 15) is 14.7 Å². The van der Waals surface area contributed by atoms with Crippen molar-refractivity contribution in [2.24, 2.45) is 0 Å². The maximum absolute atomic E-state index is 12.6. The molecule has 0 unspecified atom stereocenters. The molecule has 0 saturated carbocycles. The van der Waals surface area contributed by atoms with Gasteiger partial charge in [0.1, 0.15) is 11.3 Å². The van der Waals surface area contributed by atoms with Gasteiger partial charge in [0.2, 0.25) is 0 Å². The van der Waals surface area contributed by atoms with Gasteiger partial charge in [0, 0.05) is 25.3 Å². The molecule has 0 heterocycles. The summed E-state index contributed by atoms with van der Waals surface area (Å²) in [4.78, 5) is 26.8. The molecule has 150 valence electrons. The molecular weight excluding hydrogens is 366 g/mol. The van der Waals surface area contributed by atoms with Gasteiger partial charge in [-0.3, -0.25) is 4.79 Å². The van der Waals surface area contributed by atoms with Crippen molar-refractivity contribution in [1.82, 2.24) is 0 Å². The maximum Gasteiger partial charge on any atom is 0.345 e. The van der Waals surface area contributed by atoms with Crippen LogP contribution in [0.15, 0.2) is 78.4 Å². The van der Waals surface area contributed by atoms with Gasteiger partial charge in [-0.2, -0.15) is 0 Å². The molecule has 0 bridgehead atoms. The minimum atomic E-state index is -0.855. The second kappa shape index (κ2) is 10.7. The molecule has 0 spiro atoms. The quantitative estimate of drug-likeness (QED) is 0.180. The van der Waals surface area contributed by atoms with E-state index in [1.165, 1.54) is 12.2 Å². The molecule has 0 saturated heterocycles.